The summed E-state index contributed by atoms with van der Waals surface area (Å²) in [6.45, 7) is 6.71. The number of rotatable bonds is 2. The molecule has 1 nitrogen and oxygen atoms in total. The van der Waals surface area contributed by atoms with Gasteiger partial charge >= 0.3 is 0 Å². The van der Waals surface area contributed by atoms with Crippen LogP contribution in [-0.2, 0) is 0 Å². The van der Waals surface area contributed by atoms with E-state index in [1.165, 1.54) is 15.6 Å². The smallest absolute Gasteiger partial charge is 0.0390 e. The van der Waals surface area contributed by atoms with Crippen LogP contribution in [0.25, 0.3) is 10.1 Å². The first-order chi connectivity index (χ1) is 7.47. The van der Waals surface area contributed by atoms with Crippen LogP contribution in [-0.4, -0.2) is 0 Å². The number of thiophene rings is 1. The van der Waals surface area contributed by atoms with E-state index in [1.54, 1.807) is 11.3 Å². The predicted octanol–water partition coefficient (Wildman–Crippen LogP) is 4.34. The molecule has 0 radical (unpaired) electrons. The Labute approximate surface area is 101 Å². The number of hydrogen-bond acceptors (Lipinski definition) is 2. The summed E-state index contributed by atoms with van der Waals surface area (Å²) in [5.74, 6) is 0. The van der Waals surface area contributed by atoms with Crippen molar-refractivity contribution in [1.29, 1.82) is 0 Å². The van der Waals surface area contributed by atoms with Crippen LogP contribution in [0.3, 0.4) is 0 Å². The summed E-state index contributed by atoms with van der Waals surface area (Å²) >= 11 is 1.79. The molecule has 2 aromatic rings. The van der Waals surface area contributed by atoms with E-state index in [-0.39, 0.29) is 11.5 Å². The van der Waals surface area contributed by atoms with Crippen molar-refractivity contribution in [3.8, 4) is 0 Å². The van der Waals surface area contributed by atoms with Gasteiger partial charge in [0.05, 0.1) is 0 Å². The van der Waals surface area contributed by atoms with Crippen LogP contribution in [0.2, 0.25) is 0 Å². The number of fused-ring (bicyclic) bond motifs is 1. The molecule has 0 aliphatic carbocycles. The summed E-state index contributed by atoms with van der Waals surface area (Å²) in [6.07, 6.45) is 1.02. The zero-order chi connectivity index (χ0) is 11.8. The van der Waals surface area contributed by atoms with Gasteiger partial charge in [-0.1, -0.05) is 39.0 Å². The van der Waals surface area contributed by atoms with Gasteiger partial charge in [0.1, 0.15) is 0 Å². The third-order valence-electron chi connectivity index (χ3n) is 2.74. The first-order valence-electron chi connectivity index (χ1n) is 5.69. The van der Waals surface area contributed by atoms with Gasteiger partial charge in [0, 0.05) is 10.7 Å². The van der Waals surface area contributed by atoms with Crippen molar-refractivity contribution >= 4 is 21.4 Å². The zero-order valence-corrected chi connectivity index (χ0v) is 11.0. The van der Waals surface area contributed by atoms with Crippen LogP contribution in [0.5, 0.6) is 0 Å². The van der Waals surface area contributed by atoms with E-state index in [1.807, 2.05) is 0 Å². The van der Waals surface area contributed by atoms with Crippen molar-refractivity contribution in [3.05, 3.63) is 35.2 Å². The molecule has 0 bridgehead atoms. The fourth-order valence-electron chi connectivity index (χ4n) is 2.08. The van der Waals surface area contributed by atoms with E-state index in [9.17, 15) is 0 Å². The highest BCUT2D eigenvalue weighted by Crippen LogP contribution is 2.33. The van der Waals surface area contributed by atoms with Gasteiger partial charge in [-0.3, -0.25) is 0 Å². The molecule has 0 aliphatic heterocycles. The van der Waals surface area contributed by atoms with Crippen molar-refractivity contribution in [2.75, 3.05) is 0 Å². The minimum Gasteiger partial charge on any atom is -0.324 e. The fourth-order valence-corrected chi connectivity index (χ4v) is 3.06. The third-order valence-corrected chi connectivity index (χ3v) is 3.72. The predicted molar refractivity (Wildman–Crippen MR) is 72.8 cm³/mol. The van der Waals surface area contributed by atoms with Gasteiger partial charge in [-0.2, -0.15) is 0 Å². The lowest BCUT2D eigenvalue weighted by atomic mass is 9.86. The van der Waals surface area contributed by atoms with Crippen molar-refractivity contribution in [2.24, 2.45) is 11.1 Å². The molecule has 0 saturated carbocycles. The zero-order valence-electron chi connectivity index (χ0n) is 10.2. The standard InChI is InChI=1S/C14H19NS/c1-14(2,3)9-12(15)11-6-4-5-10-7-8-16-13(10)11/h4-8,12H,9,15H2,1-3H3. The molecule has 1 unspecified atom stereocenters. The molecular formula is C14H19NS. The summed E-state index contributed by atoms with van der Waals surface area (Å²) in [7, 11) is 0. The molecule has 1 atom stereocenters. The lowest BCUT2D eigenvalue weighted by Gasteiger charge is -2.23. The quantitative estimate of drug-likeness (QED) is 0.820. The number of hydrogen-bond donors (Lipinski definition) is 1. The monoisotopic (exact) mass is 233 g/mol. The van der Waals surface area contributed by atoms with Crippen LogP contribution < -0.4 is 5.73 Å². The third kappa shape index (κ3) is 2.45. The highest BCUT2D eigenvalue weighted by atomic mass is 32.1. The Balaban J connectivity index is 2.36. The highest BCUT2D eigenvalue weighted by molar-refractivity contribution is 7.17. The molecule has 0 aliphatic rings. The van der Waals surface area contributed by atoms with Crippen LogP contribution in [0.4, 0.5) is 0 Å². The van der Waals surface area contributed by atoms with E-state index >= 15 is 0 Å². The second-order valence-corrected chi connectivity index (χ2v) is 6.47. The molecule has 0 saturated heterocycles. The molecule has 1 heterocycles. The van der Waals surface area contributed by atoms with E-state index in [0.717, 1.165) is 6.42 Å². The molecule has 2 heteroatoms. The van der Waals surface area contributed by atoms with E-state index < -0.39 is 0 Å². The molecule has 0 fully saturated rings. The van der Waals surface area contributed by atoms with Crippen molar-refractivity contribution in [1.82, 2.24) is 0 Å². The average Bonchev–Trinajstić information content (AvgIpc) is 2.61. The van der Waals surface area contributed by atoms with Gasteiger partial charge in [0.15, 0.2) is 0 Å². The molecule has 1 aromatic carbocycles. The SMILES string of the molecule is CC(C)(C)CC(N)c1cccc2ccsc12. The number of nitrogens with two attached hydrogens (primary N) is 1. The van der Waals surface area contributed by atoms with Crippen molar-refractivity contribution < 1.29 is 0 Å². The van der Waals surface area contributed by atoms with Crippen LogP contribution >= 0.6 is 11.3 Å². The summed E-state index contributed by atoms with van der Waals surface area (Å²) in [6, 6.07) is 8.72. The molecule has 2 N–H and O–H groups in total. The Morgan fingerprint density at radius 1 is 1.25 bits per heavy atom. The first-order valence-corrected chi connectivity index (χ1v) is 6.57. The lowest BCUT2D eigenvalue weighted by Crippen LogP contribution is -2.18. The fraction of sp³-hybridized carbons (Fsp3) is 0.429. The van der Waals surface area contributed by atoms with Crippen LogP contribution in [0, 0.1) is 5.41 Å². The Hall–Kier alpha value is -0.860. The second-order valence-electron chi connectivity index (χ2n) is 5.56. The van der Waals surface area contributed by atoms with E-state index in [4.69, 9.17) is 5.73 Å². The molecule has 0 amide bonds. The molecule has 86 valence electrons. The van der Waals surface area contributed by atoms with Gasteiger partial charge in [-0.15, -0.1) is 11.3 Å². The maximum Gasteiger partial charge on any atom is 0.0390 e. The maximum atomic E-state index is 6.31. The summed E-state index contributed by atoms with van der Waals surface area (Å²) < 4.78 is 1.35. The lowest BCUT2D eigenvalue weighted by molar-refractivity contribution is 0.343. The summed E-state index contributed by atoms with van der Waals surface area (Å²) in [5, 5.41) is 3.45. The summed E-state index contributed by atoms with van der Waals surface area (Å²) in [5.41, 5.74) is 7.88. The molecule has 16 heavy (non-hydrogen) atoms. The van der Waals surface area contributed by atoms with Crippen molar-refractivity contribution in [2.45, 2.75) is 33.2 Å². The minimum atomic E-state index is 0.141. The van der Waals surface area contributed by atoms with Gasteiger partial charge in [0.25, 0.3) is 0 Å². The largest absolute Gasteiger partial charge is 0.324 e. The van der Waals surface area contributed by atoms with Gasteiger partial charge in [-0.25, -0.2) is 0 Å². The Morgan fingerprint density at radius 3 is 2.69 bits per heavy atom. The number of benzene rings is 1. The van der Waals surface area contributed by atoms with Crippen LogP contribution in [0.1, 0.15) is 38.8 Å². The van der Waals surface area contributed by atoms with Gasteiger partial charge in [0.2, 0.25) is 0 Å². The van der Waals surface area contributed by atoms with Crippen molar-refractivity contribution in [3.63, 3.8) is 0 Å². The van der Waals surface area contributed by atoms with E-state index in [0.29, 0.717) is 0 Å². The Kier molecular flexibility index (Phi) is 3.04. The van der Waals surface area contributed by atoms with Gasteiger partial charge in [-0.05, 0) is 34.2 Å². The molecule has 2 rings (SSSR count). The maximum absolute atomic E-state index is 6.31. The molecule has 1 aromatic heterocycles. The topological polar surface area (TPSA) is 26.0 Å². The normalized spacial score (nSPS) is 14.2. The Bertz CT molecular complexity index is 479. The average molecular weight is 233 g/mol. The second kappa shape index (κ2) is 4.19. The molecule has 0 spiro atoms. The minimum absolute atomic E-state index is 0.141. The first kappa shape index (κ1) is 11.6. The summed E-state index contributed by atoms with van der Waals surface area (Å²) in [4.78, 5) is 0. The highest BCUT2D eigenvalue weighted by Gasteiger charge is 2.18. The molecular weight excluding hydrogens is 214 g/mol. The van der Waals surface area contributed by atoms with Crippen LogP contribution in [0.15, 0.2) is 29.6 Å². The Morgan fingerprint density at radius 2 is 2.00 bits per heavy atom. The van der Waals surface area contributed by atoms with E-state index in [2.05, 4.69) is 50.4 Å². The van der Waals surface area contributed by atoms with Gasteiger partial charge < -0.3 is 5.73 Å².